The fourth-order valence-electron chi connectivity index (χ4n) is 1.74. The molecule has 0 aromatic heterocycles. The molecule has 1 heterocycles. The van der Waals surface area contributed by atoms with Crippen molar-refractivity contribution in [1.82, 2.24) is 0 Å². The highest BCUT2D eigenvalue weighted by atomic mass is 16.7. The molecule has 6 heteroatoms. The van der Waals surface area contributed by atoms with E-state index in [0.717, 1.165) is 17.9 Å². The second-order valence-corrected chi connectivity index (χ2v) is 4.20. The third-order valence-electron chi connectivity index (χ3n) is 2.55. The Balaban J connectivity index is 1.97. The summed E-state index contributed by atoms with van der Waals surface area (Å²) in [5.74, 6) is 1.90. The fourth-order valence-corrected chi connectivity index (χ4v) is 1.74. The van der Waals surface area contributed by atoms with Gasteiger partial charge in [0.2, 0.25) is 6.79 Å². The zero-order chi connectivity index (χ0) is 13.0. The van der Waals surface area contributed by atoms with E-state index in [9.17, 15) is 0 Å². The Kier molecular flexibility index (Phi) is 3.66. The number of hydrazone groups is 1. The number of benzene rings is 1. The molecule has 1 atom stereocenters. The van der Waals surface area contributed by atoms with E-state index in [1.165, 1.54) is 5.56 Å². The lowest BCUT2D eigenvalue weighted by atomic mass is 10.0. The topological polar surface area (TPSA) is 96.8 Å². The van der Waals surface area contributed by atoms with E-state index >= 15 is 0 Å². The summed E-state index contributed by atoms with van der Waals surface area (Å²) in [5, 5.41) is 6.40. The maximum Gasteiger partial charge on any atom is 0.256 e. The molecule has 1 aromatic carbocycles. The van der Waals surface area contributed by atoms with Gasteiger partial charge in [0.05, 0.1) is 0 Å². The van der Waals surface area contributed by atoms with Crippen LogP contribution in [-0.2, 0) is 6.42 Å². The molecule has 0 saturated carbocycles. The first-order valence-electron chi connectivity index (χ1n) is 5.71. The van der Waals surface area contributed by atoms with Gasteiger partial charge in [0.1, 0.15) is 0 Å². The maximum atomic E-state index is 5.33. The minimum Gasteiger partial charge on any atom is -0.454 e. The third kappa shape index (κ3) is 3.13. The van der Waals surface area contributed by atoms with Crippen molar-refractivity contribution in [3.8, 4) is 11.5 Å². The van der Waals surface area contributed by atoms with Crippen molar-refractivity contribution in [2.75, 3.05) is 6.79 Å². The number of hydrogen-bond donors (Lipinski definition) is 3. The van der Waals surface area contributed by atoms with Gasteiger partial charge in [-0.25, -0.2) is 0 Å². The molecular formula is C12H17N4O2+. The smallest absolute Gasteiger partial charge is 0.256 e. The van der Waals surface area contributed by atoms with E-state index in [2.05, 4.69) is 17.1 Å². The standard InChI is InChI=1S/C12H16N4O2/c1-8(6-15-16-12(13)14)4-9-2-3-10-11(5-9)18-7-17-10/h2-3,5-6,8H,4,7H2,1H3,(H4,13,14,16)/p+1. The van der Waals surface area contributed by atoms with Crippen LogP contribution in [0.5, 0.6) is 11.5 Å². The van der Waals surface area contributed by atoms with Crippen LogP contribution in [0.4, 0.5) is 0 Å². The number of ether oxygens (including phenoxy) is 2. The summed E-state index contributed by atoms with van der Waals surface area (Å²) in [6, 6.07) is 5.94. The van der Waals surface area contributed by atoms with Gasteiger partial charge in [-0.2, -0.15) is 0 Å². The van der Waals surface area contributed by atoms with Crippen molar-refractivity contribution in [3.05, 3.63) is 23.8 Å². The zero-order valence-electron chi connectivity index (χ0n) is 10.2. The van der Waals surface area contributed by atoms with E-state index in [1.807, 2.05) is 24.4 Å². The van der Waals surface area contributed by atoms with Gasteiger partial charge >= 0.3 is 0 Å². The minimum absolute atomic E-state index is 0.0153. The predicted octanol–water partition coefficient (Wildman–Crippen LogP) is -1.07. The quantitative estimate of drug-likeness (QED) is 0.360. The number of nitrogens with two attached hydrogens (primary N) is 2. The molecule has 2 rings (SSSR count). The number of guanidine groups is 1. The zero-order valence-corrected chi connectivity index (χ0v) is 10.2. The van der Waals surface area contributed by atoms with Crippen LogP contribution < -0.4 is 26.0 Å². The van der Waals surface area contributed by atoms with Crippen molar-refractivity contribution in [2.45, 2.75) is 13.3 Å². The molecule has 0 bridgehead atoms. The highest BCUT2D eigenvalue weighted by Crippen LogP contribution is 2.32. The Morgan fingerprint density at radius 1 is 1.44 bits per heavy atom. The lowest BCUT2D eigenvalue weighted by Gasteiger charge is -2.04. The number of hydrogen-bond acceptors (Lipinski definition) is 3. The summed E-state index contributed by atoms with van der Waals surface area (Å²) in [5.41, 5.74) is 11.6. The Bertz CT molecular complexity index is 481. The van der Waals surface area contributed by atoms with Crippen LogP contribution in [0.15, 0.2) is 23.3 Å². The molecule has 18 heavy (non-hydrogen) atoms. The van der Waals surface area contributed by atoms with Crippen molar-refractivity contribution < 1.29 is 14.6 Å². The molecular weight excluding hydrogens is 232 g/mol. The monoisotopic (exact) mass is 249 g/mol. The van der Waals surface area contributed by atoms with Gasteiger partial charge in [0.25, 0.3) is 5.96 Å². The summed E-state index contributed by atoms with van der Waals surface area (Å²) in [4.78, 5) is 0. The third-order valence-corrected chi connectivity index (χ3v) is 2.55. The molecule has 0 aliphatic carbocycles. The largest absolute Gasteiger partial charge is 0.454 e. The van der Waals surface area contributed by atoms with Crippen LogP contribution in [0.1, 0.15) is 12.5 Å². The highest BCUT2D eigenvalue weighted by molar-refractivity contribution is 5.74. The summed E-state index contributed by atoms with van der Waals surface area (Å²) in [6.07, 6.45) is 2.70. The Labute approximate surface area is 105 Å². The van der Waals surface area contributed by atoms with Crippen LogP contribution in [0.3, 0.4) is 0 Å². The van der Waals surface area contributed by atoms with E-state index in [0.29, 0.717) is 6.79 Å². The first-order chi connectivity index (χ1) is 8.65. The Hall–Kier alpha value is -2.24. The summed E-state index contributed by atoms with van der Waals surface area (Å²) in [7, 11) is 0. The maximum absolute atomic E-state index is 5.33. The molecule has 1 aromatic rings. The minimum atomic E-state index is 0.0153. The van der Waals surface area contributed by atoms with Gasteiger partial charge < -0.3 is 20.9 Å². The van der Waals surface area contributed by atoms with Gasteiger partial charge in [-0.05, 0) is 24.1 Å². The number of rotatable bonds is 4. The summed E-state index contributed by atoms with van der Waals surface area (Å²) >= 11 is 0. The average molecular weight is 249 g/mol. The summed E-state index contributed by atoms with van der Waals surface area (Å²) < 4.78 is 10.6. The highest BCUT2D eigenvalue weighted by Gasteiger charge is 2.14. The molecule has 0 fully saturated rings. The summed E-state index contributed by atoms with van der Waals surface area (Å²) in [6.45, 7) is 2.37. The van der Waals surface area contributed by atoms with Crippen LogP contribution in [0.25, 0.3) is 0 Å². The van der Waals surface area contributed by atoms with Crippen LogP contribution in [0.2, 0.25) is 0 Å². The normalized spacial score (nSPS) is 14.7. The molecule has 0 radical (unpaired) electrons. The Morgan fingerprint density at radius 2 is 2.22 bits per heavy atom. The second-order valence-electron chi connectivity index (χ2n) is 4.20. The second kappa shape index (κ2) is 5.39. The van der Waals surface area contributed by atoms with Gasteiger partial charge in [0, 0.05) is 11.0 Å². The Morgan fingerprint density at radius 3 is 3.00 bits per heavy atom. The fraction of sp³-hybridized carbons (Fsp3) is 0.333. The molecule has 5 N–H and O–H groups in total. The first-order valence-corrected chi connectivity index (χ1v) is 5.71. The van der Waals surface area contributed by atoms with Crippen LogP contribution in [-0.4, -0.2) is 19.0 Å². The number of fused-ring (bicyclic) bond motifs is 1. The average Bonchev–Trinajstić information content (AvgIpc) is 2.75. The van der Waals surface area contributed by atoms with Crippen LogP contribution in [0, 0.1) is 5.92 Å². The lowest BCUT2D eigenvalue weighted by Crippen LogP contribution is -2.64. The number of nitrogens with one attached hydrogen (secondary N) is 1. The van der Waals surface area contributed by atoms with Crippen molar-refractivity contribution in [3.63, 3.8) is 0 Å². The van der Waals surface area contributed by atoms with Crippen molar-refractivity contribution in [2.24, 2.45) is 22.5 Å². The van der Waals surface area contributed by atoms with Crippen LogP contribution >= 0.6 is 0 Å². The van der Waals surface area contributed by atoms with E-state index in [-0.39, 0.29) is 11.9 Å². The molecule has 0 spiro atoms. The number of nitrogens with zero attached hydrogens (tertiary/aromatic N) is 1. The molecule has 0 saturated heterocycles. The molecule has 1 aliphatic heterocycles. The van der Waals surface area contributed by atoms with Crippen molar-refractivity contribution in [1.29, 1.82) is 0 Å². The molecule has 96 valence electrons. The lowest BCUT2D eigenvalue weighted by molar-refractivity contribution is -0.459. The SMILES string of the molecule is CC(C=[NH+]N=C(N)N)Cc1ccc2c(c1)OCO2. The van der Waals surface area contributed by atoms with Gasteiger partial charge in [-0.1, -0.05) is 13.0 Å². The molecule has 1 unspecified atom stereocenters. The van der Waals surface area contributed by atoms with Crippen molar-refractivity contribution >= 4 is 12.2 Å². The van der Waals surface area contributed by atoms with Gasteiger partial charge in [-0.15, -0.1) is 5.10 Å². The molecule has 1 aliphatic rings. The van der Waals surface area contributed by atoms with E-state index in [4.69, 9.17) is 20.9 Å². The predicted molar refractivity (Wildman–Crippen MR) is 68.3 cm³/mol. The first kappa shape index (κ1) is 12.2. The van der Waals surface area contributed by atoms with E-state index < -0.39 is 0 Å². The van der Waals surface area contributed by atoms with E-state index in [1.54, 1.807) is 0 Å². The van der Waals surface area contributed by atoms with Gasteiger partial charge in [-0.3, -0.25) is 0 Å². The molecule has 6 nitrogen and oxygen atoms in total. The van der Waals surface area contributed by atoms with Gasteiger partial charge in [0.15, 0.2) is 17.7 Å². The molecule has 0 amide bonds.